The van der Waals surface area contributed by atoms with Crippen LogP contribution in [0.2, 0.25) is 0 Å². The van der Waals surface area contributed by atoms with Gasteiger partial charge in [-0.1, -0.05) is 11.3 Å². The third kappa shape index (κ3) is 0.432. The highest BCUT2D eigenvalue weighted by Crippen LogP contribution is 2.27. The predicted octanol–water partition coefficient (Wildman–Crippen LogP) is 1.07. The van der Waals surface area contributed by atoms with Crippen LogP contribution in [0.5, 0.6) is 0 Å². The Morgan fingerprint density at radius 2 is 2.11 bits per heavy atom. The van der Waals surface area contributed by atoms with Crippen LogP contribution in [0.25, 0.3) is 9.66 Å². The molecule has 0 unspecified atom stereocenters. The monoisotopic (exact) mass is 140 g/mol. The quantitative estimate of drug-likeness (QED) is 0.584. The summed E-state index contributed by atoms with van der Waals surface area (Å²) in [6.45, 7) is 0. The molecule has 46 valence electrons. The van der Waals surface area contributed by atoms with Crippen LogP contribution in [-0.4, -0.2) is 10.6 Å². The lowest BCUT2D eigenvalue weighted by atomic mass is 10.7. The van der Waals surface area contributed by atoms with Gasteiger partial charge in [-0.3, -0.25) is 0 Å². The van der Waals surface area contributed by atoms with Crippen LogP contribution in [-0.2, 0) is 0 Å². The van der Waals surface area contributed by atoms with Crippen molar-refractivity contribution in [3.8, 4) is 0 Å². The molecule has 3 heterocycles. The summed E-state index contributed by atoms with van der Waals surface area (Å²) in [5, 5.41) is 0. The fourth-order valence-corrected chi connectivity index (χ4v) is 1.76. The van der Waals surface area contributed by atoms with Gasteiger partial charge in [-0.05, 0) is 12.1 Å². The highest BCUT2D eigenvalue weighted by molar-refractivity contribution is 7.25. The van der Waals surface area contributed by atoms with Crippen molar-refractivity contribution in [2.24, 2.45) is 5.73 Å². The number of primary amides is 1. The average molecular weight is 140 g/mol. The standard InChI is InChI=1S/C5H4N2OS/c6-5(8)7-3-1-2-4(7)9-3/h1-2H,(H2,6,8). The SMILES string of the molecule is NC(=O)n1c2ccc1s2. The van der Waals surface area contributed by atoms with E-state index >= 15 is 0 Å². The highest BCUT2D eigenvalue weighted by atomic mass is 32.1. The van der Waals surface area contributed by atoms with Crippen molar-refractivity contribution in [2.45, 2.75) is 0 Å². The van der Waals surface area contributed by atoms with Crippen LogP contribution < -0.4 is 5.73 Å². The van der Waals surface area contributed by atoms with Crippen LogP contribution in [0.4, 0.5) is 4.79 Å². The van der Waals surface area contributed by atoms with E-state index in [-0.39, 0.29) is 6.03 Å². The lowest BCUT2D eigenvalue weighted by molar-refractivity contribution is 0.252. The number of amides is 1. The van der Waals surface area contributed by atoms with Gasteiger partial charge in [0.2, 0.25) is 0 Å². The van der Waals surface area contributed by atoms with E-state index in [9.17, 15) is 4.79 Å². The summed E-state index contributed by atoms with van der Waals surface area (Å²) >= 11 is 1.58. The van der Waals surface area contributed by atoms with Gasteiger partial charge in [-0.2, -0.15) is 0 Å². The molecule has 0 saturated carbocycles. The van der Waals surface area contributed by atoms with E-state index in [1.54, 1.807) is 11.3 Å². The number of nitrogens with zero attached hydrogens (tertiary/aromatic N) is 1. The van der Waals surface area contributed by atoms with Crippen molar-refractivity contribution in [1.82, 2.24) is 4.57 Å². The number of aromatic nitrogens is 1. The molecule has 0 atom stereocenters. The molecule has 2 N–H and O–H groups in total. The lowest BCUT2D eigenvalue weighted by Gasteiger charge is -2.03. The summed E-state index contributed by atoms with van der Waals surface area (Å²) in [6.07, 6.45) is 0. The van der Waals surface area contributed by atoms with Gasteiger partial charge < -0.3 is 5.73 Å². The molecule has 0 aliphatic rings. The molecule has 0 fully saturated rings. The Morgan fingerprint density at radius 3 is 2.33 bits per heavy atom. The van der Waals surface area contributed by atoms with Gasteiger partial charge in [-0.25, -0.2) is 9.36 Å². The Labute approximate surface area is 55.0 Å². The first kappa shape index (κ1) is 4.81. The minimum absolute atomic E-state index is 0.385. The summed E-state index contributed by atoms with van der Waals surface area (Å²) in [5.74, 6) is 0. The molecule has 9 heavy (non-hydrogen) atoms. The van der Waals surface area contributed by atoms with Crippen LogP contribution in [0.15, 0.2) is 12.1 Å². The third-order valence-electron chi connectivity index (χ3n) is 1.24. The molecule has 0 aliphatic heterocycles. The molecular weight excluding hydrogens is 136 g/mol. The predicted molar refractivity (Wildman–Crippen MR) is 36.0 cm³/mol. The first-order valence-electron chi connectivity index (χ1n) is 2.48. The number of carbonyl (C=O) groups is 1. The van der Waals surface area contributed by atoms with Crippen molar-refractivity contribution in [1.29, 1.82) is 0 Å². The molecule has 0 radical (unpaired) electrons. The van der Waals surface area contributed by atoms with Crippen LogP contribution in [0.3, 0.4) is 0 Å². The Kier molecular flexibility index (Phi) is 0.681. The van der Waals surface area contributed by atoms with Crippen molar-refractivity contribution in [3.05, 3.63) is 12.1 Å². The minimum atomic E-state index is -0.385. The van der Waals surface area contributed by atoms with E-state index in [0.717, 1.165) is 9.66 Å². The second-order valence-electron chi connectivity index (χ2n) is 1.79. The zero-order valence-electron chi connectivity index (χ0n) is 4.50. The zero-order valence-corrected chi connectivity index (χ0v) is 5.31. The zero-order chi connectivity index (χ0) is 6.43. The van der Waals surface area contributed by atoms with E-state index < -0.39 is 0 Å². The van der Waals surface area contributed by atoms with Crippen LogP contribution in [0, 0.1) is 0 Å². The maximum Gasteiger partial charge on any atom is 0.325 e. The van der Waals surface area contributed by atoms with Crippen molar-refractivity contribution in [2.75, 3.05) is 0 Å². The molecule has 2 bridgehead atoms. The first-order valence-corrected chi connectivity index (χ1v) is 3.30. The number of nitrogens with two attached hydrogens (primary N) is 1. The second kappa shape index (κ2) is 1.27. The van der Waals surface area contributed by atoms with E-state index in [0.29, 0.717) is 0 Å². The number of hydrogen-bond donors (Lipinski definition) is 1. The molecule has 0 spiro atoms. The maximum absolute atomic E-state index is 10.5. The fraction of sp³-hybridized carbons (Fsp3) is 0. The summed E-state index contributed by atoms with van der Waals surface area (Å²) in [4.78, 5) is 12.4. The van der Waals surface area contributed by atoms with Gasteiger partial charge in [-0.15, -0.1) is 0 Å². The number of carbonyl (C=O) groups excluding carboxylic acids is 1. The van der Waals surface area contributed by atoms with Gasteiger partial charge in [0.25, 0.3) is 0 Å². The molecule has 3 rings (SSSR count). The number of rotatable bonds is 0. The Bertz CT molecular complexity index is 300. The van der Waals surface area contributed by atoms with Gasteiger partial charge in [0.15, 0.2) is 0 Å². The van der Waals surface area contributed by atoms with E-state index in [1.165, 1.54) is 4.57 Å². The molecule has 0 aromatic carbocycles. The fourth-order valence-electron chi connectivity index (χ4n) is 0.845. The van der Waals surface area contributed by atoms with Crippen LogP contribution >= 0.6 is 11.3 Å². The summed E-state index contributed by atoms with van der Waals surface area (Å²) < 4.78 is 1.49. The first-order chi connectivity index (χ1) is 4.29. The molecule has 3 nitrogen and oxygen atoms in total. The minimum Gasteiger partial charge on any atom is -0.351 e. The highest BCUT2D eigenvalue weighted by Gasteiger charge is 2.11. The van der Waals surface area contributed by atoms with Crippen molar-refractivity contribution in [3.63, 3.8) is 0 Å². The largest absolute Gasteiger partial charge is 0.351 e. The van der Waals surface area contributed by atoms with Gasteiger partial charge in [0.1, 0.15) is 9.66 Å². The Hall–Kier alpha value is -1.03. The molecule has 3 aromatic rings. The topological polar surface area (TPSA) is 48.0 Å². The summed E-state index contributed by atoms with van der Waals surface area (Å²) in [6, 6.07) is 3.37. The normalized spacial score (nSPS) is 11.1. The molecule has 0 aliphatic carbocycles. The Morgan fingerprint density at radius 1 is 1.56 bits per heavy atom. The molecular formula is C5H4N2OS. The molecule has 0 saturated heterocycles. The Balaban J connectivity index is 2.69. The summed E-state index contributed by atoms with van der Waals surface area (Å²) in [7, 11) is 0. The van der Waals surface area contributed by atoms with Gasteiger partial charge in [0.05, 0.1) is 0 Å². The maximum atomic E-state index is 10.5. The average Bonchev–Trinajstić information content (AvgIpc) is 2.13. The van der Waals surface area contributed by atoms with Crippen LogP contribution in [0.1, 0.15) is 0 Å². The molecule has 1 amide bonds. The number of fused-ring (bicyclic) bond motifs is 1. The molecule has 4 heteroatoms. The van der Waals surface area contributed by atoms with Crippen molar-refractivity contribution < 1.29 is 4.79 Å². The number of hydrogen-bond acceptors (Lipinski definition) is 2. The van der Waals surface area contributed by atoms with E-state index in [4.69, 9.17) is 5.73 Å². The van der Waals surface area contributed by atoms with Gasteiger partial charge >= 0.3 is 6.03 Å². The number of thiophene rings is 1. The van der Waals surface area contributed by atoms with Gasteiger partial charge in [0, 0.05) is 0 Å². The van der Waals surface area contributed by atoms with Crippen molar-refractivity contribution >= 4 is 27.0 Å². The second-order valence-corrected chi connectivity index (χ2v) is 2.83. The van der Waals surface area contributed by atoms with E-state index in [1.807, 2.05) is 12.1 Å². The smallest absolute Gasteiger partial charge is 0.325 e. The summed E-state index contributed by atoms with van der Waals surface area (Å²) in [5.41, 5.74) is 5.01. The van der Waals surface area contributed by atoms with E-state index in [2.05, 4.69) is 0 Å². The lowest BCUT2D eigenvalue weighted by Crippen LogP contribution is -2.19. The molecule has 3 aromatic heterocycles. The third-order valence-corrected chi connectivity index (χ3v) is 2.29.